The van der Waals surface area contributed by atoms with Gasteiger partial charge in [-0.15, -0.1) is 0 Å². The number of pyridine rings is 1. The van der Waals surface area contributed by atoms with Crippen LogP contribution in [0.15, 0.2) is 18.5 Å². The van der Waals surface area contributed by atoms with Crippen LogP contribution < -0.4 is 10.6 Å². The van der Waals surface area contributed by atoms with Gasteiger partial charge in [0.15, 0.2) is 0 Å². The lowest BCUT2D eigenvalue weighted by Crippen LogP contribution is -2.41. The molecule has 4 heteroatoms. The molecule has 16 heavy (non-hydrogen) atoms. The van der Waals surface area contributed by atoms with Crippen molar-refractivity contribution in [3.05, 3.63) is 24.0 Å². The lowest BCUT2D eigenvalue weighted by Gasteiger charge is -2.34. The van der Waals surface area contributed by atoms with E-state index in [9.17, 15) is 0 Å². The number of aryl methyl sites for hydroxylation is 1. The first-order valence-electron chi connectivity index (χ1n) is 5.68. The molecule has 0 amide bonds. The summed E-state index contributed by atoms with van der Waals surface area (Å²) in [5.74, 6) is 0.526. The van der Waals surface area contributed by atoms with Gasteiger partial charge in [0.05, 0.1) is 5.84 Å². The molecule has 1 aromatic heterocycles. The molecule has 1 fully saturated rings. The minimum Gasteiger partial charge on any atom is -0.387 e. The molecule has 1 unspecified atom stereocenters. The maximum absolute atomic E-state index is 7.53. The van der Waals surface area contributed by atoms with Gasteiger partial charge in [-0.25, -0.2) is 0 Å². The lowest BCUT2D eigenvalue weighted by molar-refractivity contribution is 0.502. The zero-order valence-electron chi connectivity index (χ0n) is 9.61. The molecule has 1 aliphatic rings. The number of rotatable bonds is 2. The Morgan fingerprint density at radius 3 is 3.12 bits per heavy atom. The van der Waals surface area contributed by atoms with E-state index in [0.717, 1.165) is 25.9 Å². The first kappa shape index (κ1) is 10.9. The van der Waals surface area contributed by atoms with Crippen LogP contribution in [0.2, 0.25) is 0 Å². The van der Waals surface area contributed by atoms with Gasteiger partial charge in [-0.2, -0.15) is 0 Å². The number of amidine groups is 1. The standard InChI is InChI=1S/C12H18N4/c1-9-7-15-5-4-11(9)16-6-2-3-10(8-16)12(13)14/h4-5,7,10H,2-3,6,8H2,1H3,(H3,13,14). The Labute approximate surface area is 96.0 Å². The Kier molecular flexibility index (Phi) is 3.08. The first-order chi connectivity index (χ1) is 7.68. The smallest absolute Gasteiger partial charge is 0.0954 e. The summed E-state index contributed by atoms with van der Waals surface area (Å²) >= 11 is 0. The molecule has 2 heterocycles. The summed E-state index contributed by atoms with van der Waals surface area (Å²) in [5.41, 5.74) is 8.00. The number of piperidine rings is 1. The fraction of sp³-hybridized carbons (Fsp3) is 0.500. The number of nitrogens with zero attached hydrogens (tertiary/aromatic N) is 2. The van der Waals surface area contributed by atoms with Crippen LogP contribution in [0.4, 0.5) is 5.69 Å². The van der Waals surface area contributed by atoms with E-state index in [1.165, 1.54) is 11.3 Å². The Bertz CT molecular complexity index is 388. The molecule has 86 valence electrons. The third-order valence-electron chi connectivity index (χ3n) is 3.19. The van der Waals surface area contributed by atoms with Gasteiger partial charge in [-0.3, -0.25) is 10.4 Å². The summed E-state index contributed by atoms with van der Waals surface area (Å²) in [4.78, 5) is 6.41. The highest BCUT2D eigenvalue weighted by atomic mass is 15.1. The Balaban J connectivity index is 2.16. The van der Waals surface area contributed by atoms with Crippen molar-refractivity contribution >= 4 is 11.5 Å². The highest BCUT2D eigenvalue weighted by Gasteiger charge is 2.22. The van der Waals surface area contributed by atoms with Crippen LogP contribution in [-0.4, -0.2) is 23.9 Å². The van der Waals surface area contributed by atoms with Crippen LogP contribution in [0.25, 0.3) is 0 Å². The molecule has 0 aliphatic carbocycles. The average molecular weight is 218 g/mol. The highest BCUT2D eigenvalue weighted by molar-refractivity contribution is 5.80. The minimum atomic E-state index is 0.210. The lowest BCUT2D eigenvalue weighted by atomic mass is 9.96. The number of hydrogen-bond donors (Lipinski definition) is 2. The molecule has 0 saturated carbocycles. The van der Waals surface area contributed by atoms with Gasteiger partial charge in [0.25, 0.3) is 0 Å². The molecular weight excluding hydrogens is 200 g/mol. The van der Waals surface area contributed by atoms with Gasteiger partial charge in [-0.1, -0.05) is 0 Å². The van der Waals surface area contributed by atoms with Crippen LogP contribution in [0, 0.1) is 18.3 Å². The van der Waals surface area contributed by atoms with Crippen LogP contribution in [0.5, 0.6) is 0 Å². The molecule has 1 aliphatic heterocycles. The molecule has 0 spiro atoms. The summed E-state index contributed by atoms with van der Waals surface area (Å²) in [6.07, 6.45) is 5.84. The van der Waals surface area contributed by atoms with Gasteiger partial charge in [0.2, 0.25) is 0 Å². The summed E-state index contributed by atoms with van der Waals surface area (Å²) in [7, 11) is 0. The second-order valence-corrected chi connectivity index (χ2v) is 4.40. The topological polar surface area (TPSA) is 66.0 Å². The zero-order valence-corrected chi connectivity index (χ0v) is 9.61. The molecule has 0 radical (unpaired) electrons. The number of hydrogen-bond acceptors (Lipinski definition) is 3. The molecule has 4 nitrogen and oxygen atoms in total. The maximum atomic E-state index is 7.53. The SMILES string of the molecule is Cc1cnccc1N1CCCC(C(=N)N)C1. The maximum Gasteiger partial charge on any atom is 0.0954 e. The molecule has 1 saturated heterocycles. The molecule has 1 atom stereocenters. The van der Waals surface area contributed by atoms with E-state index in [1.54, 1.807) is 0 Å². The van der Waals surface area contributed by atoms with Gasteiger partial charge in [0.1, 0.15) is 0 Å². The van der Waals surface area contributed by atoms with E-state index in [1.807, 2.05) is 18.5 Å². The molecule has 0 aromatic carbocycles. The second kappa shape index (κ2) is 4.51. The quantitative estimate of drug-likeness (QED) is 0.584. The van der Waals surface area contributed by atoms with Crippen molar-refractivity contribution in [1.29, 1.82) is 5.41 Å². The van der Waals surface area contributed by atoms with E-state index >= 15 is 0 Å². The molecule has 1 aromatic rings. The normalized spacial score (nSPS) is 20.8. The van der Waals surface area contributed by atoms with E-state index < -0.39 is 0 Å². The van der Waals surface area contributed by atoms with Crippen molar-refractivity contribution in [2.24, 2.45) is 11.7 Å². The molecular formula is C12H18N4. The van der Waals surface area contributed by atoms with Crippen LogP contribution in [-0.2, 0) is 0 Å². The minimum absolute atomic E-state index is 0.210. The molecule has 2 rings (SSSR count). The van der Waals surface area contributed by atoms with Crippen LogP contribution in [0.3, 0.4) is 0 Å². The highest BCUT2D eigenvalue weighted by Crippen LogP contribution is 2.25. The van der Waals surface area contributed by atoms with Gasteiger partial charge in [-0.05, 0) is 31.4 Å². The fourth-order valence-corrected chi connectivity index (χ4v) is 2.27. The summed E-state index contributed by atoms with van der Waals surface area (Å²) in [5, 5.41) is 7.53. The summed E-state index contributed by atoms with van der Waals surface area (Å²) < 4.78 is 0. The molecule has 0 bridgehead atoms. The van der Waals surface area contributed by atoms with Crippen LogP contribution >= 0.6 is 0 Å². The largest absolute Gasteiger partial charge is 0.387 e. The number of nitrogens with one attached hydrogen (secondary N) is 1. The summed E-state index contributed by atoms with van der Waals surface area (Å²) in [6.45, 7) is 3.98. The van der Waals surface area contributed by atoms with Crippen molar-refractivity contribution < 1.29 is 0 Å². The van der Waals surface area contributed by atoms with Crippen molar-refractivity contribution in [2.45, 2.75) is 19.8 Å². The Morgan fingerprint density at radius 2 is 2.44 bits per heavy atom. The first-order valence-corrected chi connectivity index (χ1v) is 5.68. The fourth-order valence-electron chi connectivity index (χ4n) is 2.27. The van der Waals surface area contributed by atoms with E-state index in [-0.39, 0.29) is 5.92 Å². The zero-order chi connectivity index (χ0) is 11.5. The Hall–Kier alpha value is -1.58. The van der Waals surface area contributed by atoms with Gasteiger partial charge >= 0.3 is 0 Å². The van der Waals surface area contributed by atoms with Crippen molar-refractivity contribution in [1.82, 2.24) is 4.98 Å². The van der Waals surface area contributed by atoms with E-state index in [2.05, 4.69) is 16.8 Å². The average Bonchev–Trinajstić information content (AvgIpc) is 2.30. The number of nitrogens with two attached hydrogens (primary N) is 1. The van der Waals surface area contributed by atoms with Crippen LogP contribution in [0.1, 0.15) is 18.4 Å². The predicted octanol–water partition coefficient (Wildman–Crippen LogP) is 1.54. The van der Waals surface area contributed by atoms with Crippen molar-refractivity contribution in [2.75, 3.05) is 18.0 Å². The second-order valence-electron chi connectivity index (χ2n) is 4.40. The van der Waals surface area contributed by atoms with Gasteiger partial charge in [0, 0.05) is 37.1 Å². The third-order valence-corrected chi connectivity index (χ3v) is 3.19. The van der Waals surface area contributed by atoms with E-state index in [0.29, 0.717) is 5.84 Å². The van der Waals surface area contributed by atoms with Gasteiger partial charge < -0.3 is 10.6 Å². The predicted molar refractivity (Wildman–Crippen MR) is 65.8 cm³/mol. The Morgan fingerprint density at radius 1 is 1.62 bits per heavy atom. The number of aromatic nitrogens is 1. The third kappa shape index (κ3) is 2.15. The molecule has 3 N–H and O–H groups in total. The van der Waals surface area contributed by atoms with Crippen molar-refractivity contribution in [3.63, 3.8) is 0 Å². The number of anilines is 1. The monoisotopic (exact) mass is 218 g/mol. The van der Waals surface area contributed by atoms with E-state index in [4.69, 9.17) is 11.1 Å². The summed E-state index contributed by atoms with van der Waals surface area (Å²) in [6, 6.07) is 2.04. The van der Waals surface area contributed by atoms with Crippen molar-refractivity contribution in [3.8, 4) is 0 Å².